The molecule has 1 aromatic carbocycles. The molecule has 1 fully saturated rings. The Morgan fingerprint density at radius 2 is 2.08 bits per heavy atom. The largest absolute Gasteiger partial charge is 0.311 e. The molecule has 0 aliphatic carbocycles. The first kappa shape index (κ1) is 16.7. The van der Waals surface area contributed by atoms with Crippen LogP contribution < -0.4 is 5.32 Å². The van der Waals surface area contributed by atoms with Gasteiger partial charge in [0.05, 0.1) is 23.2 Å². The molecule has 128 valence electrons. The van der Waals surface area contributed by atoms with Gasteiger partial charge in [0.15, 0.2) is 9.84 Å². The van der Waals surface area contributed by atoms with Crippen molar-refractivity contribution < 1.29 is 13.2 Å². The van der Waals surface area contributed by atoms with Gasteiger partial charge < -0.3 is 5.32 Å². The summed E-state index contributed by atoms with van der Waals surface area (Å²) in [4.78, 5) is 12.2. The lowest BCUT2D eigenvalue weighted by molar-refractivity contribution is -0.116. The van der Waals surface area contributed by atoms with E-state index in [1.807, 2.05) is 37.3 Å². The fourth-order valence-electron chi connectivity index (χ4n) is 2.96. The maximum Gasteiger partial charge on any atom is 0.225 e. The van der Waals surface area contributed by atoms with Crippen LogP contribution in [0.1, 0.15) is 30.1 Å². The Kier molecular flexibility index (Phi) is 4.71. The smallest absolute Gasteiger partial charge is 0.225 e. The van der Waals surface area contributed by atoms with Crippen molar-refractivity contribution in [3.63, 3.8) is 0 Å². The number of nitrogens with one attached hydrogen (secondary N) is 1. The number of carbonyl (C=O) groups excluding carboxylic acids is 1. The molecule has 1 amide bonds. The quantitative estimate of drug-likeness (QED) is 0.898. The number of amides is 1. The highest BCUT2D eigenvalue weighted by Gasteiger charge is 2.31. The second-order valence-electron chi connectivity index (χ2n) is 6.21. The van der Waals surface area contributed by atoms with E-state index in [1.54, 1.807) is 10.7 Å². The van der Waals surface area contributed by atoms with Crippen molar-refractivity contribution >= 4 is 21.6 Å². The highest BCUT2D eigenvalue weighted by molar-refractivity contribution is 7.91. The average Bonchev–Trinajstić information content (AvgIpc) is 3.08. The summed E-state index contributed by atoms with van der Waals surface area (Å²) in [5, 5.41) is 7.24. The van der Waals surface area contributed by atoms with Gasteiger partial charge in [-0.1, -0.05) is 30.3 Å². The normalized spacial score (nSPS) is 19.3. The minimum Gasteiger partial charge on any atom is -0.311 e. The fraction of sp³-hybridized carbons (Fsp3) is 0.412. The van der Waals surface area contributed by atoms with Crippen molar-refractivity contribution in [1.29, 1.82) is 0 Å². The van der Waals surface area contributed by atoms with Gasteiger partial charge >= 0.3 is 0 Å². The van der Waals surface area contributed by atoms with Crippen molar-refractivity contribution in [2.75, 3.05) is 16.8 Å². The lowest BCUT2D eigenvalue weighted by atomic mass is 10.1. The van der Waals surface area contributed by atoms with E-state index in [9.17, 15) is 13.2 Å². The van der Waals surface area contributed by atoms with Crippen LogP contribution in [0.3, 0.4) is 0 Å². The van der Waals surface area contributed by atoms with Gasteiger partial charge in [0.1, 0.15) is 5.82 Å². The van der Waals surface area contributed by atoms with Gasteiger partial charge in [0, 0.05) is 12.5 Å². The third-order valence-corrected chi connectivity index (χ3v) is 5.91. The Morgan fingerprint density at radius 3 is 2.75 bits per heavy atom. The van der Waals surface area contributed by atoms with Crippen LogP contribution in [0.4, 0.5) is 5.82 Å². The number of hydrogen-bond donors (Lipinski definition) is 1. The number of anilines is 1. The first-order valence-electron chi connectivity index (χ1n) is 8.03. The number of rotatable bonds is 5. The van der Waals surface area contributed by atoms with E-state index in [0.717, 1.165) is 11.3 Å². The van der Waals surface area contributed by atoms with Crippen LogP contribution in [-0.4, -0.2) is 35.6 Å². The van der Waals surface area contributed by atoms with Crippen LogP contribution in [0, 0.1) is 6.92 Å². The number of carbonyl (C=O) groups is 1. The van der Waals surface area contributed by atoms with E-state index in [4.69, 9.17) is 0 Å². The van der Waals surface area contributed by atoms with Crippen LogP contribution >= 0.6 is 0 Å². The fourth-order valence-corrected chi connectivity index (χ4v) is 4.66. The number of hydrogen-bond acceptors (Lipinski definition) is 4. The maximum atomic E-state index is 12.2. The number of aromatic nitrogens is 2. The minimum absolute atomic E-state index is 0.0843. The molecule has 1 atom stereocenters. The molecule has 7 heteroatoms. The summed E-state index contributed by atoms with van der Waals surface area (Å²) in [5.74, 6) is 0.743. The third-order valence-electron chi connectivity index (χ3n) is 4.16. The SMILES string of the molecule is Cc1cc(NC(=O)CCc2ccccc2)n([C@@H]2CCS(=O)(=O)C2)n1. The molecule has 1 saturated heterocycles. The molecule has 0 bridgehead atoms. The Labute approximate surface area is 141 Å². The van der Waals surface area contributed by atoms with Gasteiger partial charge in [-0.05, 0) is 25.3 Å². The van der Waals surface area contributed by atoms with Crippen LogP contribution in [0.2, 0.25) is 0 Å². The summed E-state index contributed by atoms with van der Waals surface area (Å²) in [6, 6.07) is 11.4. The molecule has 2 heterocycles. The van der Waals surface area contributed by atoms with Gasteiger partial charge in [0.25, 0.3) is 0 Å². The van der Waals surface area contributed by atoms with E-state index < -0.39 is 9.84 Å². The predicted molar refractivity (Wildman–Crippen MR) is 92.7 cm³/mol. The highest BCUT2D eigenvalue weighted by Crippen LogP contribution is 2.27. The van der Waals surface area contributed by atoms with E-state index in [-0.39, 0.29) is 23.5 Å². The zero-order valence-electron chi connectivity index (χ0n) is 13.6. The van der Waals surface area contributed by atoms with E-state index >= 15 is 0 Å². The Balaban J connectivity index is 1.66. The first-order chi connectivity index (χ1) is 11.4. The predicted octanol–water partition coefficient (Wildman–Crippen LogP) is 2.12. The summed E-state index contributed by atoms with van der Waals surface area (Å²) in [6.45, 7) is 1.83. The van der Waals surface area contributed by atoms with Crippen molar-refractivity contribution in [2.45, 2.75) is 32.2 Å². The monoisotopic (exact) mass is 347 g/mol. The Morgan fingerprint density at radius 1 is 1.33 bits per heavy atom. The molecule has 2 aromatic rings. The van der Waals surface area contributed by atoms with Crippen LogP contribution in [0.25, 0.3) is 0 Å². The first-order valence-corrected chi connectivity index (χ1v) is 9.85. The van der Waals surface area contributed by atoms with Crippen molar-refractivity contribution in [2.24, 2.45) is 0 Å². The second kappa shape index (κ2) is 6.76. The number of aryl methyl sites for hydroxylation is 2. The molecular formula is C17H21N3O3S. The molecule has 1 aliphatic rings. The minimum atomic E-state index is -3.00. The van der Waals surface area contributed by atoms with Gasteiger partial charge in [0.2, 0.25) is 5.91 Å². The molecule has 6 nitrogen and oxygen atoms in total. The lowest BCUT2D eigenvalue weighted by Crippen LogP contribution is -2.19. The van der Waals surface area contributed by atoms with Gasteiger partial charge in [-0.25, -0.2) is 13.1 Å². The summed E-state index contributed by atoms with van der Waals surface area (Å²) >= 11 is 0. The standard InChI is InChI=1S/C17H21N3O3S/c1-13-11-16(20(19-13)15-9-10-24(22,23)12-15)18-17(21)8-7-14-5-3-2-4-6-14/h2-6,11,15H,7-10,12H2,1H3,(H,18,21)/t15-/m1/s1. The Hall–Kier alpha value is -2.15. The molecule has 0 unspecified atom stereocenters. The number of benzene rings is 1. The van der Waals surface area contributed by atoms with Crippen LogP contribution in [0.5, 0.6) is 0 Å². The molecule has 24 heavy (non-hydrogen) atoms. The molecular weight excluding hydrogens is 326 g/mol. The number of sulfone groups is 1. The van der Waals surface area contributed by atoms with Gasteiger partial charge in [-0.15, -0.1) is 0 Å². The molecule has 1 aliphatic heterocycles. The number of nitrogens with zero attached hydrogens (tertiary/aromatic N) is 2. The van der Waals surface area contributed by atoms with Crippen molar-refractivity contribution in [3.8, 4) is 0 Å². The topological polar surface area (TPSA) is 81.1 Å². The molecule has 3 rings (SSSR count). The molecule has 1 aromatic heterocycles. The highest BCUT2D eigenvalue weighted by atomic mass is 32.2. The third kappa shape index (κ3) is 4.03. The van der Waals surface area contributed by atoms with Gasteiger partial charge in [-0.3, -0.25) is 4.79 Å². The zero-order chi connectivity index (χ0) is 17.2. The van der Waals surface area contributed by atoms with E-state index in [0.29, 0.717) is 25.1 Å². The van der Waals surface area contributed by atoms with E-state index in [2.05, 4.69) is 10.4 Å². The molecule has 0 spiro atoms. The molecule has 0 saturated carbocycles. The average molecular weight is 347 g/mol. The molecule has 0 radical (unpaired) electrons. The summed E-state index contributed by atoms with van der Waals surface area (Å²) in [5.41, 5.74) is 1.87. The molecule has 1 N–H and O–H groups in total. The summed E-state index contributed by atoms with van der Waals surface area (Å²) in [6.07, 6.45) is 1.57. The van der Waals surface area contributed by atoms with Crippen molar-refractivity contribution in [3.05, 3.63) is 47.7 Å². The summed E-state index contributed by atoms with van der Waals surface area (Å²) in [7, 11) is -3.00. The van der Waals surface area contributed by atoms with E-state index in [1.165, 1.54) is 0 Å². The zero-order valence-corrected chi connectivity index (χ0v) is 14.4. The Bertz CT molecular complexity index is 828. The summed E-state index contributed by atoms with van der Waals surface area (Å²) < 4.78 is 25.0. The maximum absolute atomic E-state index is 12.2. The van der Waals surface area contributed by atoms with Gasteiger partial charge in [-0.2, -0.15) is 5.10 Å². The van der Waals surface area contributed by atoms with Crippen LogP contribution in [-0.2, 0) is 21.1 Å². The van der Waals surface area contributed by atoms with Crippen molar-refractivity contribution in [1.82, 2.24) is 9.78 Å². The lowest BCUT2D eigenvalue weighted by Gasteiger charge is -2.13. The van der Waals surface area contributed by atoms with Crippen LogP contribution in [0.15, 0.2) is 36.4 Å². The second-order valence-corrected chi connectivity index (χ2v) is 8.43.